The number of hydrogen-bond donors (Lipinski definition) is 1. The molecule has 0 aliphatic carbocycles. The highest BCUT2D eigenvalue weighted by Gasteiger charge is 2.47. The van der Waals surface area contributed by atoms with Gasteiger partial charge in [-0.3, -0.25) is 0 Å². The molecule has 1 aromatic carbocycles. The van der Waals surface area contributed by atoms with Crippen molar-refractivity contribution >= 4 is 11.8 Å². The van der Waals surface area contributed by atoms with Gasteiger partial charge in [-0.05, 0) is 45.2 Å². The lowest BCUT2D eigenvalue weighted by Crippen LogP contribution is -2.68. The number of benzene rings is 1. The van der Waals surface area contributed by atoms with Crippen LogP contribution in [0.15, 0.2) is 24.3 Å². The molecule has 1 fully saturated rings. The van der Waals surface area contributed by atoms with Gasteiger partial charge in [-0.15, -0.1) is 0 Å². The fourth-order valence-corrected chi connectivity index (χ4v) is 2.96. The minimum absolute atomic E-state index is 0.0469. The molecular formula is C16H22N2O2. The van der Waals surface area contributed by atoms with Gasteiger partial charge in [0.05, 0.1) is 5.54 Å². The van der Waals surface area contributed by atoms with Crippen molar-refractivity contribution in [2.75, 3.05) is 18.4 Å². The molecule has 2 heterocycles. The Morgan fingerprint density at radius 1 is 1.30 bits per heavy atom. The first-order chi connectivity index (χ1) is 9.37. The number of carbonyl (C=O) groups excluding carboxylic acids is 1. The van der Waals surface area contributed by atoms with E-state index in [-0.39, 0.29) is 11.6 Å². The van der Waals surface area contributed by atoms with Crippen molar-refractivity contribution in [3.05, 3.63) is 29.8 Å². The molecule has 0 bridgehead atoms. The monoisotopic (exact) mass is 274 g/mol. The highest BCUT2D eigenvalue weighted by molar-refractivity contribution is 5.71. The van der Waals surface area contributed by atoms with Crippen molar-refractivity contribution in [1.82, 2.24) is 4.90 Å². The van der Waals surface area contributed by atoms with Crippen LogP contribution < -0.4 is 5.32 Å². The predicted octanol–water partition coefficient (Wildman–Crippen LogP) is 3.03. The Hall–Kier alpha value is -1.71. The zero-order valence-corrected chi connectivity index (χ0v) is 12.4. The minimum atomic E-state index is -0.424. The van der Waals surface area contributed by atoms with Gasteiger partial charge >= 0.3 is 6.09 Å². The van der Waals surface area contributed by atoms with Crippen molar-refractivity contribution in [3.8, 4) is 0 Å². The zero-order chi connectivity index (χ0) is 14.4. The summed E-state index contributed by atoms with van der Waals surface area (Å²) in [5.41, 5.74) is 2.20. The lowest BCUT2D eigenvalue weighted by atomic mass is 9.80. The average Bonchev–Trinajstić information content (AvgIpc) is 2.33. The number of likely N-dealkylation sites (tertiary alicyclic amines) is 1. The van der Waals surface area contributed by atoms with Crippen LogP contribution in [-0.4, -0.2) is 35.2 Å². The number of aryl methyl sites for hydroxylation is 1. The molecule has 2 aliphatic heterocycles. The van der Waals surface area contributed by atoms with E-state index < -0.39 is 5.60 Å². The third-order valence-electron chi connectivity index (χ3n) is 3.93. The van der Waals surface area contributed by atoms with E-state index in [1.165, 1.54) is 11.3 Å². The SMILES string of the molecule is CC(C)(C)OC(=O)N1CC2(CCc3ccccc3N2)C1. The third kappa shape index (κ3) is 2.47. The van der Waals surface area contributed by atoms with E-state index in [9.17, 15) is 4.79 Å². The van der Waals surface area contributed by atoms with Crippen LogP contribution in [0.4, 0.5) is 10.5 Å². The highest BCUT2D eigenvalue weighted by atomic mass is 16.6. The molecule has 1 amide bonds. The smallest absolute Gasteiger partial charge is 0.410 e. The summed E-state index contributed by atoms with van der Waals surface area (Å²) < 4.78 is 5.40. The first-order valence-corrected chi connectivity index (χ1v) is 7.21. The second-order valence-corrected chi connectivity index (χ2v) is 6.90. The molecule has 20 heavy (non-hydrogen) atoms. The first kappa shape index (κ1) is 13.3. The zero-order valence-electron chi connectivity index (χ0n) is 12.4. The largest absolute Gasteiger partial charge is 0.444 e. The molecule has 0 unspecified atom stereocenters. The van der Waals surface area contributed by atoms with Crippen molar-refractivity contribution in [3.63, 3.8) is 0 Å². The van der Waals surface area contributed by atoms with Crippen molar-refractivity contribution in [2.45, 2.75) is 44.8 Å². The van der Waals surface area contributed by atoms with Gasteiger partial charge < -0.3 is 15.0 Å². The fourth-order valence-electron chi connectivity index (χ4n) is 2.96. The lowest BCUT2D eigenvalue weighted by molar-refractivity contribution is -0.00587. The molecule has 0 aromatic heterocycles. The Morgan fingerprint density at radius 2 is 2.00 bits per heavy atom. The van der Waals surface area contributed by atoms with Crippen LogP contribution >= 0.6 is 0 Å². The van der Waals surface area contributed by atoms with Crippen LogP contribution in [0.2, 0.25) is 0 Å². The van der Waals surface area contributed by atoms with Gasteiger partial charge in [-0.1, -0.05) is 18.2 Å². The van der Waals surface area contributed by atoms with Gasteiger partial charge in [0.15, 0.2) is 0 Å². The van der Waals surface area contributed by atoms with Gasteiger partial charge in [-0.2, -0.15) is 0 Å². The maximum Gasteiger partial charge on any atom is 0.410 e. The molecule has 1 saturated heterocycles. The summed E-state index contributed by atoms with van der Waals surface area (Å²) in [6.07, 6.45) is 1.94. The second kappa shape index (κ2) is 4.40. The van der Waals surface area contributed by atoms with E-state index >= 15 is 0 Å². The lowest BCUT2D eigenvalue weighted by Gasteiger charge is -2.52. The third-order valence-corrected chi connectivity index (χ3v) is 3.93. The number of amides is 1. The number of para-hydroxylation sites is 1. The number of anilines is 1. The van der Waals surface area contributed by atoms with Crippen LogP contribution in [0, 0.1) is 0 Å². The normalized spacial score (nSPS) is 19.9. The molecule has 3 rings (SSSR count). The van der Waals surface area contributed by atoms with E-state index in [4.69, 9.17) is 4.74 Å². The number of hydrogen-bond acceptors (Lipinski definition) is 3. The molecule has 0 radical (unpaired) electrons. The van der Waals surface area contributed by atoms with Crippen molar-refractivity contribution in [2.24, 2.45) is 0 Å². The molecule has 2 aliphatic rings. The van der Waals surface area contributed by atoms with E-state index in [1.54, 1.807) is 4.90 Å². The van der Waals surface area contributed by atoms with Crippen LogP contribution in [0.5, 0.6) is 0 Å². The minimum Gasteiger partial charge on any atom is -0.444 e. The van der Waals surface area contributed by atoms with Gasteiger partial charge in [0.1, 0.15) is 5.60 Å². The number of fused-ring (bicyclic) bond motifs is 1. The summed E-state index contributed by atoms with van der Waals surface area (Å²) in [4.78, 5) is 13.8. The second-order valence-electron chi connectivity index (χ2n) is 6.90. The Morgan fingerprint density at radius 3 is 2.70 bits per heavy atom. The van der Waals surface area contributed by atoms with E-state index in [0.717, 1.165) is 25.9 Å². The van der Waals surface area contributed by atoms with Gasteiger partial charge in [0, 0.05) is 18.8 Å². The Balaban J connectivity index is 1.62. The maximum absolute atomic E-state index is 12.0. The number of carbonyl (C=O) groups is 1. The molecular weight excluding hydrogens is 252 g/mol. The Kier molecular flexibility index (Phi) is 2.92. The quantitative estimate of drug-likeness (QED) is 0.790. The Labute approximate surface area is 120 Å². The molecule has 1 spiro atoms. The van der Waals surface area contributed by atoms with Crippen LogP contribution in [0.1, 0.15) is 32.8 Å². The average molecular weight is 274 g/mol. The molecule has 0 atom stereocenters. The van der Waals surface area contributed by atoms with E-state index in [2.05, 4.69) is 29.6 Å². The summed E-state index contributed by atoms with van der Waals surface area (Å²) >= 11 is 0. The first-order valence-electron chi connectivity index (χ1n) is 7.21. The summed E-state index contributed by atoms with van der Waals surface area (Å²) in [5.74, 6) is 0. The van der Waals surface area contributed by atoms with Crippen LogP contribution in [-0.2, 0) is 11.2 Å². The summed E-state index contributed by atoms with van der Waals surface area (Å²) in [6, 6.07) is 8.41. The standard InChI is InChI=1S/C16H22N2O2/c1-15(2,3)20-14(19)18-10-16(11-18)9-8-12-6-4-5-7-13(12)17-16/h4-7,17H,8-11H2,1-3H3. The topological polar surface area (TPSA) is 41.6 Å². The number of rotatable bonds is 0. The predicted molar refractivity (Wildman–Crippen MR) is 78.9 cm³/mol. The number of ether oxygens (including phenoxy) is 1. The molecule has 108 valence electrons. The van der Waals surface area contributed by atoms with Crippen LogP contribution in [0.25, 0.3) is 0 Å². The Bertz CT molecular complexity index is 528. The van der Waals surface area contributed by atoms with Crippen LogP contribution in [0.3, 0.4) is 0 Å². The van der Waals surface area contributed by atoms with Gasteiger partial charge in [0.2, 0.25) is 0 Å². The maximum atomic E-state index is 12.0. The van der Waals surface area contributed by atoms with Gasteiger partial charge in [-0.25, -0.2) is 4.79 Å². The molecule has 4 nitrogen and oxygen atoms in total. The van der Waals surface area contributed by atoms with Crippen molar-refractivity contribution in [1.29, 1.82) is 0 Å². The summed E-state index contributed by atoms with van der Waals surface area (Å²) in [7, 11) is 0. The summed E-state index contributed by atoms with van der Waals surface area (Å²) in [5, 5.41) is 3.61. The molecule has 1 N–H and O–H groups in total. The highest BCUT2D eigenvalue weighted by Crippen LogP contribution is 2.37. The molecule has 0 saturated carbocycles. The number of nitrogens with zero attached hydrogens (tertiary/aromatic N) is 1. The molecule has 1 aromatic rings. The van der Waals surface area contributed by atoms with E-state index in [1.807, 2.05) is 20.8 Å². The van der Waals surface area contributed by atoms with E-state index in [0.29, 0.717) is 0 Å². The van der Waals surface area contributed by atoms with Crippen molar-refractivity contribution < 1.29 is 9.53 Å². The number of nitrogens with one attached hydrogen (secondary N) is 1. The summed E-state index contributed by atoms with van der Waals surface area (Å²) in [6.45, 7) is 7.16. The molecule has 4 heteroatoms. The fraction of sp³-hybridized carbons (Fsp3) is 0.562. The van der Waals surface area contributed by atoms with Gasteiger partial charge in [0.25, 0.3) is 0 Å².